The summed E-state index contributed by atoms with van der Waals surface area (Å²) in [6.45, 7) is 2.85. The van der Waals surface area contributed by atoms with E-state index in [0.717, 1.165) is 31.5 Å². The molecule has 0 unspecified atom stereocenters. The number of nitrogens with one attached hydrogen (secondary N) is 1. The summed E-state index contributed by atoms with van der Waals surface area (Å²) < 4.78 is 52.6. The first-order chi connectivity index (χ1) is 13.5. The summed E-state index contributed by atoms with van der Waals surface area (Å²) in [7, 11) is -3.72. The second-order valence-corrected chi connectivity index (χ2v) is 8.73. The minimum atomic E-state index is -3.72. The van der Waals surface area contributed by atoms with Crippen LogP contribution in [-0.4, -0.2) is 46.2 Å². The zero-order chi connectivity index (χ0) is 19.6. The van der Waals surface area contributed by atoms with E-state index in [2.05, 4.69) is 9.62 Å². The highest BCUT2D eigenvalue weighted by Gasteiger charge is 2.26. The highest BCUT2D eigenvalue weighted by Crippen LogP contribution is 2.32. The molecule has 0 amide bonds. The highest BCUT2D eigenvalue weighted by molar-refractivity contribution is 7.89. The predicted octanol–water partition coefficient (Wildman–Crippen LogP) is 2.71. The van der Waals surface area contributed by atoms with Gasteiger partial charge in [-0.2, -0.15) is 0 Å². The van der Waals surface area contributed by atoms with Crippen molar-refractivity contribution in [2.45, 2.75) is 23.8 Å². The first-order valence-corrected chi connectivity index (χ1v) is 10.9. The van der Waals surface area contributed by atoms with Gasteiger partial charge in [0.2, 0.25) is 10.0 Å². The van der Waals surface area contributed by atoms with Gasteiger partial charge in [-0.05, 0) is 55.8 Å². The van der Waals surface area contributed by atoms with Crippen molar-refractivity contribution in [3.05, 3.63) is 53.8 Å². The Labute approximate surface area is 164 Å². The largest absolute Gasteiger partial charge is 0.486 e. The van der Waals surface area contributed by atoms with Crippen LogP contribution >= 0.6 is 0 Å². The molecule has 8 heteroatoms. The molecule has 0 aromatic heterocycles. The molecule has 0 spiro atoms. The van der Waals surface area contributed by atoms with Crippen molar-refractivity contribution in [1.82, 2.24) is 9.62 Å². The van der Waals surface area contributed by atoms with E-state index in [9.17, 15) is 12.8 Å². The Balaban J connectivity index is 1.53. The van der Waals surface area contributed by atoms with Gasteiger partial charge in [-0.1, -0.05) is 12.1 Å². The van der Waals surface area contributed by atoms with Gasteiger partial charge in [0.1, 0.15) is 19.0 Å². The monoisotopic (exact) mass is 406 g/mol. The van der Waals surface area contributed by atoms with Crippen LogP contribution in [0, 0.1) is 5.82 Å². The summed E-state index contributed by atoms with van der Waals surface area (Å²) in [5.74, 6) is 0.677. The Morgan fingerprint density at radius 1 is 1.00 bits per heavy atom. The summed E-state index contributed by atoms with van der Waals surface area (Å²) in [5.41, 5.74) is 0.896. The topological polar surface area (TPSA) is 67.9 Å². The van der Waals surface area contributed by atoms with Crippen LogP contribution in [0.25, 0.3) is 0 Å². The number of hydrogen-bond donors (Lipinski definition) is 1. The van der Waals surface area contributed by atoms with Crippen molar-refractivity contribution < 1.29 is 22.3 Å². The zero-order valence-electron chi connectivity index (χ0n) is 15.4. The molecule has 28 heavy (non-hydrogen) atoms. The predicted molar refractivity (Wildman–Crippen MR) is 103 cm³/mol. The maximum absolute atomic E-state index is 13.3. The number of fused-ring (bicyclic) bond motifs is 1. The molecular formula is C20H23FN2O4S. The van der Waals surface area contributed by atoms with Crippen LogP contribution < -0.4 is 14.2 Å². The maximum Gasteiger partial charge on any atom is 0.240 e. The zero-order valence-corrected chi connectivity index (χ0v) is 16.3. The van der Waals surface area contributed by atoms with Gasteiger partial charge < -0.3 is 9.47 Å². The summed E-state index contributed by atoms with van der Waals surface area (Å²) in [5, 5.41) is 0. The van der Waals surface area contributed by atoms with Crippen molar-refractivity contribution in [1.29, 1.82) is 0 Å². The van der Waals surface area contributed by atoms with Crippen LogP contribution in [0.3, 0.4) is 0 Å². The van der Waals surface area contributed by atoms with Crippen LogP contribution in [0.5, 0.6) is 11.5 Å². The van der Waals surface area contributed by atoms with E-state index in [4.69, 9.17) is 9.47 Å². The molecule has 2 aromatic carbocycles. The second-order valence-electron chi connectivity index (χ2n) is 6.97. The summed E-state index contributed by atoms with van der Waals surface area (Å²) in [6, 6.07) is 10.7. The van der Waals surface area contributed by atoms with E-state index in [0.29, 0.717) is 24.7 Å². The normalized spacial score (nSPS) is 18.2. The molecule has 0 aliphatic carbocycles. The van der Waals surface area contributed by atoms with Crippen LogP contribution in [0.4, 0.5) is 4.39 Å². The Kier molecular flexibility index (Phi) is 5.52. The number of sulfonamides is 1. The number of halogens is 1. The van der Waals surface area contributed by atoms with E-state index >= 15 is 0 Å². The van der Waals surface area contributed by atoms with E-state index in [1.165, 1.54) is 24.3 Å². The minimum Gasteiger partial charge on any atom is -0.486 e. The second kappa shape index (κ2) is 8.06. The number of benzene rings is 2. The van der Waals surface area contributed by atoms with Crippen LogP contribution in [0.15, 0.2) is 47.4 Å². The Morgan fingerprint density at radius 2 is 1.68 bits per heavy atom. The molecule has 0 bridgehead atoms. The SMILES string of the molecule is O=S(=O)(NC[C@@H](c1ccc(F)cc1)N1CCCC1)c1ccc2c(c1)OCCO2. The molecule has 2 aliphatic rings. The Hall–Kier alpha value is -2.16. The molecule has 1 N–H and O–H groups in total. The van der Waals surface area contributed by atoms with Crippen molar-refractivity contribution in [2.24, 2.45) is 0 Å². The van der Waals surface area contributed by atoms with Gasteiger partial charge in [-0.15, -0.1) is 0 Å². The number of rotatable bonds is 6. The average molecular weight is 406 g/mol. The molecule has 150 valence electrons. The quantitative estimate of drug-likeness (QED) is 0.799. The molecule has 2 aromatic rings. The first-order valence-electron chi connectivity index (χ1n) is 9.42. The Bertz CT molecular complexity index is 928. The van der Waals surface area contributed by atoms with Gasteiger partial charge >= 0.3 is 0 Å². The van der Waals surface area contributed by atoms with E-state index in [-0.39, 0.29) is 23.3 Å². The fourth-order valence-electron chi connectivity index (χ4n) is 3.66. The smallest absolute Gasteiger partial charge is 0.240 e. The van der Waals surface area contributed by atoms with Crippen molar-refractivity contribution in [2.75, 3.05) is 32.8 Å². The fraction of sp³-hybridized carbons (Fsp3) is 0.400. The molecular weight excluding hydrogens is 383 g/mol. The summed E-state index contributed by atoms with van der Waals surface area (Å²) in [4.78, 5) is 2.37. The number of hydrogen-bond acceptors (Lipinski definition) is 5. The fourth-order valence-corrected chi connectivity index (χ4v) is 4.71. The highest BCUT2D eigenvalue weighted by atomic mass is 32.2. The third kappa shape index (κ3) is 4.14. The molecule has 6 nitrogen and oxygen atoms in total. The van der Waals surface area contributed by atoms with Gasteiger partial charge in [0.25, 0.3) is 0 Å². The first kappa shape index (κ1) is 19.2. The Morgan fingerprint density at radius 3 is 2.39 bits per heavy atom. The molecule has 1 atom stereocenters. The lowest BCUT2D eigenvalue weighted by Crippen LogP contribution is -2.36. The van der Waals surface area contributed by atoms with Crippen molar-refractivity contribution in [3.8, 4) is 11.5 Å². The molecule has 2 heterocycles. The van der Waals surface area contributed by atoms with Crippen LogP contribution in [0.2, 0.25) is 0 Å². The summed E-state index contributed by atoms with van der Waals surface area (Å²) >= 11 is 0. The minimum absolute atomic E-state index is 0.135. The maximum atomic E-state index is 13.3. The lowest BCUT2D eigenvalue weighted by atomic mass is 10.1. The van der Waals surface area contributed by atoms with Crippen molar-refractivity contribution in [3.63, 3.8) is 0 Å². The number of likely N-dealkylation sites (tertiary alicyclic amines) is 1. The van der Waals surface area contributed by atoms with Crippen LogP contribution in [-0.2, 0) is 10.0 Å². The molecule has 4 rings (SSSR count). The number of nitrogens with zero attached hydrogens (tertiary/aromatic N) is 1. The average Bonchev–Trinajstić information content (AvgIpc) is 3.23. The van der Waals surface area contributed by atoms with Gasteiger partial charge in [-0.25, -0.2) is 17.5 Å². The standard InChI is InChI=1S/C20H23FN2O4S/c21-16-5-3-15(4-6-16)18(23-9-1-2-10-23)14-22-28(24,25)17-7-8-19-20(13-17)27-12-11-26-19/h3-8,13,18,22H,1-2,9-12,14H2/t18-/m0/s1. The molecule has 0 saturated carbocycles. The van der Waals surface area contributed by atoms with Gasteiger partial charge in [0.05, 0.1) is 4.90 Å². The van der Waals surface area contributed by atoms with E-state index in [1.807, 2.05) is 0 Å². The van der Waals surface area contributed by atoms with Gasteiger partial charge in [-0.3, -0.25) is 4.90 Å². The van der Waals surface area contributed by atoms with E-state index in [1.54, 1.807) is 18.2 Å². The third-order valence-corrected chi connectivity index (χ3v) is 6.55. The molecule has 1 saturated heterocycles. The van der Waals surface area contributed by atoms with E-state index < -0.39 is 10.0 Å². The lowest BCUT2D eigenvalue weighted by Gasteiger charge is -2.28. The van der Waals surface area contributed by atoms with Crippen LogP contribution in [0.1, 0.15) is 24.4 Å². The lowest BCUT2D eigenvalue weighted by molar-refractivity contribution is 0.171. The summed E-state index contributed by atoms with van der Waals surface area (Å²) in [6.07, 6.45) is 2.15. The van der Waals surface area contributed by atoms with Crippen molar-refractivity contribution >= 4 is 10.0 Å². The number of ether oxygens (including phenoxy) is 2. The molecule has 2 aliphatic heterocycles. The molecule has 1 fully saturated rings. The van der Waals surface area contributed by atoms with Gasteiger partial charge in [0, 0.05) is 18.7 Å². The molecule has 0 radical (unpaired) electrons. The van der Waals surface area contributed by atoms with Gasteiger partial charge in [0.15, 0.2) is 11.5 Å². The third-order valence-electron chi connectivity index (χ3n) is 5.13.